The van der Waals surface area contributed by atoms with E-state index >= 15 is 0 Å². The van der Waals surface area contributed by atoms with E-state index in [4.69, 9.17) is 4.98 Å². The molecule has 2 aromatic heterocycles. The number of rotatable bonds is 4. The van der Waals surface area contributed by atoms with Gasteiger partial charge in [-0.25, -0.2) is 10.4 Å². The van der Waals surface area contributed by atoms with Crippen molar-refractivity contribution >= 4 is 5.82 Å². The third kappa shape index (κ3) is 3.77. The summed E-state index contributed by atoms with van der Waals surface area (Å²) >= 11 is 0. The standard InChI is InChI=1S/C21H32N8/c1-14(2)29-13-15(11-24-29)18-10-16-19(12-23-18)26-27-21(16)17-4-3-5-20(25-17)28-8-6-22-7-9-28/h3-5,11,13-14,16,18-19,21-23,26-27H,6-10,12H2,1-2H3. The lowest BCUT2D eigenvalue weighted by atomic mass is 9.82. The molecular formula is C21H32N8. The molecule has 4 unspecified atom stereocenters. The summed E-state index contributed by atoms with van der Waals surface area (Å²) in [7, 11) is 0. The van der Waals surface area contributed by atoms with Gasteiger partial charge in [0.1, 0.15) is 5.82 Å². The highest BCUT2D eigenvalue weighted by molar-refractivity contribution is 5.40. The van der Waals surface area contributed by atoms with Crippen molar-refractivity contribution in [2.75, 3.05) is 37.6 Å². The summed E-state index contributed by atoms with van der Waals surface area (Å²) in [4.78, 5) is 7.43. The van der Waals surface area contributed by atoms with Crippen molar-refractivity contribution in [1.29, 1.82) is 0 Å². The normalized spacial score (nSPS) is 30.0. The molecule has 29 heavy (non-hydrogen) atoms. The molecular weight excluding hydrogens is 364 g/mol. The maximum atomic E-state index is 5.05. The Hall–Kier alpha value is -2.00. The summed E-state index contributed by atoms with van der Waals surface area (Å²) in [6, 6.07) is 7.83. The third-order valence-corrected chi connectivity index (χ3v) is 6.53. The second kappa shape index (κ2) is 8.02. The van der Waals surface area contributed by atoms with Crippen LogP contribution in [0.3, 0.4) is 0 Å². The maximum Gasteiger partial charge on any atom is 0.128 e. The summed E-state index contributed by atoms with van der Waals surface area (Å²) < 4.78 is 2.05. The molecule has 0 spiro atoms. The number of aromatic nitrogens is 3. The number of hydrogen-bond donors (Lipinski definition) is 4. The van der Waals surface area contributed by atoms with Crippen molar-refractivity contribution in [3.63, 3.8) is 0 Å². The van der Waals surface area contributed by atoms with E-state index in [1.807, 2.05) is 10.9 Å². The number of hydrazine groups is 1. The highest BCUT2D eigenvalue weighted by atomic mass is 15.4. The van der Waals surface area contributed by atoms with Gasteiger partial charge in [0, 0.05) is 68.5 Å². The van der Waals surface area contributed by atoms with Gasteiger partial charge in [-0.15, -0.1) is 0 Å². The first-order chi connectivity index (χ1) is 14.2. The van der Waals surface area contributed by atoms with E-state index in [0.29, 0.717) is 24.0 Å². The summed E-state index contributed by atoms with van der Waals surface area (Å²) in [6.07, 6.45) is 5.28. The summed E-state index contributed by atoms with van der Waals surface area (Å²) in [6.45, 7) is 9.37. The summed E-state index contributed by atoms with van der Waals surface area (Å²) in [5.74, 6) is 1.59. The van der Waals surface area contributed by atoms with Gasteiger partial charge in [0.2, 0.25) is 0 Å². The van der Waals surface area contributed by atoms with Gasteiger partial charge in [-0.1, -0.05) is 6.07 Å². The van der Waals surface area contributed by atoms with Crippen LogP contribution in [0.25, 0.3) is 0 Å². The van der Waals surface area contributed by atoms with Gasteiger partial charge in [0.15, 0.2) is 0 Å². The summed E-state index contributed by atoms with van der Waals surface area (Å²) in [5, 5.41) is 11.7. The molecule has 4 N–H and O–H groups in total. The van der Waals surface area contributed by atoms with E-state index in [1.54, 1.807) is 0 Å². The SMILES string of the molecule is CC(C)n1cc(C2CC3C(CN2)NNC3c2cccc(N3CCNCC3)n2)cn1. The zero-order valence-corrected chi connectivity index (χ0v) is 17.3. The fourth-order valence-corrected chi connectivity index (χ4v) is 4.82. The first-order valence-corrected chi connectivity index (χ1v) is 10.9. The van der Waals surface area contributed by atoms with E-state index in [2.05, 4.69) is 69.7 Å². The van der Waals surface area contributed by atoms with E-state index in [-0.39, 0.29) is 6.04 Å². The molecule has 156 valence electrons. The summed E-state index contributed by atoms with van der Waals surface area (Å²) in [5.41, 5.74) is 9.46. The molecule has 5 heterocycles. The molecule has 0 aromatic carbocycles. The Balaban J connectivity index is 1.34. The largest absolute Gasteiger partial charge is 0.354 e. The average molecular weight is 397 g/mol. The van der Waals surface area contributed by atoms with Crippen LogP contribution in [0.4, 0.5) is 5.82 Å². The quantitative estimate of drug-likeness (QED) is 0.617. The van der Waals surface area contributed by atoms with Crippen LogP contribution in [0.1, 0.15) is 49.7 Å². The minimum atomic E-state index is 0.229. The highest BCUT2D eigenvalue weighted by Gasteiger charge is 2.42. The van der Waals surface area contributed by atoms with Crippen molar-refractivity contribution in [2.45, 2.75) is 44.4 Å². The predicted molar refractivity (Wildman–Crippen MR) is 114 cm³/mol. The minimum absolute atomic E-state index is 0.229. The van der Waals surface area contributed by atoms with Crippen LogP contribution in [-0.2, 0) is 0 Å². The predicted octanol–water partition coefficient (Wildman–Crippen LogP) is 1.14. The number of fused-ring (bicyclic) bond motifs is 1. The van der Waals surface area contributed by atoms with Crippen LogP contribution < -0.4 is 26.4 Å². The first kappa shape index (κ1) is 19.0. The molecule has 5 rings (SSSR count). The van der Waals surface area contributed by atoms with E-state index in [9.17, 15) is 0 Å². The number of anilines is 1. The molecule has 8 heteroatoms. The Bertz CT molecular complexity index is 828. The lowest BCUT2D eigenvalue weighted by Gasteiger charge is -2.34. The topological polar surface area (TPSA) is 82.1 Å². The van der Waals surface area contributed by atoms with Gasteiger partial charge in [-0.3, -0.25) is 10.1 Å². The van der Waals surface area contributed by atoms with Crippen molar-refractivity contribution in [2.24, 2.45) is 5.92 Å². The zero-order chi connectivity index (χ0) is 19.8. The van der Waals surface area contributed by atoms with Gasteiger partial charge in [-0.2, -0.15) is 5.10 Å². The Morgan fingerprint density at radius 3 is 2.79 bits per heavy atom. The minimum Gasteiger partial charge on any atom is -0.354 e. The first-order valence-electron chi connectivity index (χ1n) is 10.9. The molecule has 4 atom stereocenters. The number of piperidine rings is 1. The van der Waals surface area contributed by atoms with Crippen molar-refractivity contribution in [3.05, 3.63) is 41.9 Å². The van der Waals surface area contributed by atoms with Crippen molar-refractivity contribution in [1.82, 2.24) is 36.2 Å². The van der Waals surface area contributed by atoms with Gasteiger partial charge >= 0.3 is 0 Å². The fraction of sp³-hybridized carbons (Fsp3) is 0.619. The number of hydrogen-bond acceptors (Lipinski definition) is 7. The zero-order valence-electron chi connectivity index (χ0n) is 17.3. The molecule has 0 saturated carbocycles. The average Bonchev–Trinajstić information content (AvgIpc) is 3.42. The molecule has 2 aromatic rings. The molecule has 3 aliphatic rings. The van der Waals surface area contributed by atoms with Gasteiger partial charge in [0.05, 0.1) is 17.9 Å². The van der Waals surface area contributed by atoms with Gasteiger partial charge in [-0.05, 0) is 32.4 Å². The second-order valence-corrected chi connectivity index (χ2v) is 8.74. The van der Waals surface area contributed by atoms with Crippen LogP contribution in [-0.4, -0.2) is 53.5 Å². The molecule has 3 saturated heterocycles. The van der Waals surface area contributed by atoms with Gasteiger partial charge in [0.25, 0.3) is 0 Å². The van der Waals surface area contributed by atoms with Crippen LogP contribution in [0.5, 0.6) is 0 Å². The van der Waals surface area contributed by atoms with Crippen LogP contribution in [0.15, 0.2) is 30.6 Å². The fourth-order valence-electron chi connectivity index (χ4n) is 4.82. The number of pyridine rings is 1. The van der Waals surface area contributed by atoms with Crippen LogP contribution in [0, 0.1) is 5.92 Å². The molecule has 3 aliphatic heterocycles. The number of nitrogens with one attached hydrogen (secondary N) is 4. The monoisotopic (exact) mass is 396 g/mol. The molecule has 0 radical (unpaired) electrons. The van der Waals surface area contributed by atoms with E-state index in [0.717, 1.165) is 50.7 Å². The van der Waals surface area contributed by atoms with E-state index < -0.39 is 0 Å². The lowest BCUT2D eigenvalue weighted by Crippen LogP contribution is -2.46. The maximum absolute atomic E-state index is 5.05. The molecule has 0 amide bonds. The Morgan fingerprint density at radius 2 is 2.00 bits per heavy atom. The molecule has 3 fully saturated rings. The van der Waals surface area contributed by atoms with Crippen LogP contribution >= 0.6 is 0 Å². The lowest BCUT2D eigenvalue weighted by molar-refractivity contribution is 0.265. The van der Waals surface area contributed by atoms with E-state index in [1.165, 1.54) is 5.56 Å². The van der Waals surface area contributed by atoms with Crippen molar-refractivity contribution in [3.8, 4) is 0 Å². The van der Waals surface area contributed by atoms with Crippen molar-refractivity contribution < 1.29 is 0 Å². The second-order valence-electron chi connectivity index (χ2n) is 8.74. The smallest absolute Gasteiger partial charge is 0.128 e. The third-order valence-electron chi connectivity index (χ3n) is 6.53. The molecule has 0 bridgehead atoms. The molecule has 8 nitrogen and oxygen atoms in total. The Labute approximate surface area is 172 Å². The van der Waals surface area contributed by atoms with Gasteiger partial charge < -0.3 is 15.5 Å². The number of nitrogens with zero attached hydrogens (tertiary/aromatic N) is 4. The van der Waals surface area contributed by atoms with Crippen LogP contribution in [0.2, 0.25) is 0 Å². The Kier molecular flexibility index (Phi) is 5.26. The number of piperazine rings is 1. The highest BCUT2D eigenvalue weighted by Crippen LogP contribution is 2.38. The Morgan fingerprint density at radius 1 is 1.14 bits per heavy atom. The molecule has 0 aliphatic carbocycles.